The van der Waals surface area contributed by atoms with Gasteiger partial charge in [0.1, 0.15) is 6.10 Å². The van der Waals surface area contributed by atoms with Gasteiger partial charge in [-0.1, -0.05) is 70.0 Å². The smallest absolute Gasteiger partial charge is 0.289 e. The summed E-state index contributed by atoms with van der Waals surface area (Å²) in [5, 5.41) is 3.74. The minimum absolute atomic E-state index is 0.000934. The van der Waals surface area contributed by atoms with E-state index in [-0.39, 0.29) is 24.0 Å². The van der Waals surface area contributed by atoms with Crippen molar-refractivity contribution < 1.29 is 14.3 Å². The van der Waals surface area contributed by atoms with Crippen molar-refractivity contribution in [3.63, 3.8) is 0 Å². The lowest BCUT2D eigenvalue weighted by Crippen LogP contribution is -2.54. The summed E-state index contributed by atoms with van der Waals surface area (Å²) in [5.41, 5.74) is 2.49. The SMILES string of the molecule is CC(C)CN(CCNC(=O)c1ccc(/C=C2\OC3CCCCC3N(Cc3ccc(Cl)cc3)C2=O)cc1)CC(C)C. The van der Waals surface area contributed by atoms with E-state index in [0.29, 0.717) is 41.3 Å². The number of fused-ring (bicyclic) bond motifs is 1. The number of ether oxygens (including phenoxy) is 1. The summed E-state index contributed by atoms with van der Waals surface area (Å²) in [6.07, 6.45) is 5.91. The number of carbonyl (C=O) groups is 2. The van der Waals surface area contributed by atoms with Gasteiger partial charge in [0.25, 0.3) is 11.8 Å². The van der Waals surface area contributed by atoms with Gasteiger partial charge in [0, 0.05) is 43.3 Å². The van der Waals surface area contributed by atoms with Crippen molar-refractivity contribution in [3.8, 4) is 0 Å². The molecule has 0 bridgehead atoms. The van der Waals surface area contributed by atoms with E-state index in [1.54, 1.807) is 6.08 Å². The molecule has 1 saturated carbocycles. The molecular weight excluding hydrogens is 522 g/mol. The van der Waals surface area contributed by atoms with E-state index in [1.807, 2.05) is 53.4 Å². The molecule has 2 fully saturated rings. The van der Waals surface area contributed by atoms with Gasteiger partial charge in [0.05, 0.1) is 6.04 Å². The summed E-state index contributed by atoms with van der Waals surface area (Å²) in [4.78, 5) is 30.7. The number of nitrogens with zero attached hydrogens (tertiary/aromatic N) is 2. The number of rotatable bonds is 11. The molecule has 1 aliphatic heterocycles. The third kappa shape index (κ3) is 8.34. The summed E-state index contributed by atoms with van der Waals surface area (Å²) in [6, 6.07) is 15.1. The third-order valence-corrected chi connectivity index (χ3v) is 7.77. The van der Waals surface area contributed by atoms with Gasteiger partial charge < -0.3 is 19.9 Å². The minimum atomic E-state index is -0.0905. The summed E-state index contributed by atoms with van der Waals surface area (Å²) in [6.45, 7) is 12.9. The number of hydrogen-bond acceptors (Lipinski definition) is 4. The first-order valence-electron chi connectivity index (χ1n) is 14.7. The second-order valence-corrected chi connectivity index (χ2v) is 12.4. The molecule has 0 radical (unpaired) electrons. The van der Waals surface area contributed by atoms with Gasteiger partial charge >= 0.3 is 0 Å². The van der Waals surface area contributed by atoms with Crippen LogP contribution in [0.4, 0.5) is 0 Å². The first-order valence-corrected chi connectivity index (χ1v) is 15.1. The number of benzene rings is 2. The van der Waals surface area contributed by atoms with Crippen molar-refractivity contribution in [3.05, 3.63) is 76.0 Å². The van der Waals surface area contributed by atoms with E-state index in [1.165, 1.54) is 0 Å². The topological polar surface area (TPSA) is 61.9 Å². The Morgan fingerprint density at radius 1 is 1.02 bits per heavy atom. The Hall–Kier alpha value is -2.83. The second kappa shape index (κ2) is 14.2. The first kappa shape index (κ1) is 30.1. The fraction of sp³-hybridized carbons (Fsp3) is 0.515. The molecule has 7 heteroatoms. The predicted molar refractivity (Wildman–Crippen MR) is 162 cm³/mol. The fourth-order valence-corrected chi connectivity index (χ4v) is 5.88. The Labute approximate surface area is 244 Å². The number of halogens is 1. The van der Waals surface area contributed by atoms with Gasteiger partial charge in [-0.2, -0.15) is 0 Å². The Balaban J connectivity index is 1.40. The number of nitrogens with one attached hydrogen (secondary N) is 1. The number of hydrogen-bond donors (Lipinski definition) is 1. The number of amides is 2. The highest BCUT2D eigenvalue weighted by Gasteiger charge is 2.41. The average Bonchev–Trinajstić information content (AvgIpc) is 2.91. The summed E-state index contributed by atoms with van der Waals surface area (Å²) >= 11 is 6.07. The van der Waals surface area contributed by atoms with Gasteiger partial charge in [-0.05, 0) is 72.6 Å². The largest absolute Gasteiger partial charge is 0.482 e. The van der Waals surface area contributed by atoms with E-state index in [9.17, 15) is 9.59 Å². The van der Waals surface area contributed by atoms with Crippen LogP contribution in [0.1, 0.15) is 74.9 Å². The Kier molecular flexibility index (Phi) is 10.7. The molecule has 1 aliphatic carbocycles. The van der Waals surface area contributed by atoms with Crippen LogP contribution in [0.3, 0.4) is 0 Å². The molecule has 1 heterocycles. The molecule has 0 spiro atoms. The lowest BCUT2D eigenvalue weighted by atomic mass is 9.89. The highest BCUT2D eigenvalue weighted by atomic mass is 35.5. The van der Waals surface area contributed by atoms with Crippen LogP contribution >= 0.6 is 11.6 Å². The van der Waals surface area contributed by atoms with Crippen LogP contribution in [0.25, 0.3) is 6.08 Å². The monoisotopic (exact) mass is 565 g/mol. The summed E-state index contributed by atoms with van der Waals surface area (Å²) in [7, 11) is 0. The first-order chi connectivity index (χ1) is 19.2. The van der Waals surface area contributed by atoms with Crippen LogP contribution in [0.15, 0.2) is 54.3 Å². The minimum Gasteiger partial charge on any atom is -0.482 e. The molecular formula is C33H44ClN3O3. The van der Waals surface area contributed by atoms with E-state index in [0.717, 1.165) is 56.4 Å². The highest BCUT2D eigenvalue weighted by Crippen LogP contribution is 2.34. The summed E-state index contributed by atoms with van der Waals surface area (Å²) < 4.78 is 6.27. The van der Waals surface area contributed by atoms with Crippen LogP contribution in [-0.2, 0) is 16.1 Å². The molecule has 2 aromatic carbocycles. The molecule has 6 nitrogen and oxygen atoms in total. The molecule has 2 atom stereocenters. The summed E-state index contributed by atoms with van der Waals surface area (Å²) in [5.74, 6) is 1.36. The van der Waals surface area contributed by atoms with Crippen molar-refractivity contribution >= 4 is 29.5 Å². The maximum atomic E-state index is 13.6. The lowest BCUT2D eigenvalue weighted by molar-refractivity contribution is -0.149. The Bertz CT molecular complexity index is 1150. The van der Waals surface area contributed by atoms with Crippen molar-refractivity contribution in [2.45, 2.75) is 72.1 Å². The second-order valence-electron chi connectivity index (χ2n) is 12.0. The lowest BCUT2D eigenvalue weighted by Gasteiger charge is -2.44. The number of morpholine rings is 1. The van der Waals surface area contributed by atoms with Gasteiger partial charge in [0.15, 0.2) is 5.76 Å². The zero-order chi connectivity index (χ0) is 28.6. The third-order valence-electron chi connectivity index (χ3n) is 7.52. The van der Waals surface area contributed by atoms with Crippen LogP contribution in [0.5, 0.6) is 0 Å². The van der Waals surface area contributed by atoms with Crippen molar-refractivity contribution in [2.24, 2.45) is 11.8 Å². The molecule has 4 rings (SSSR count). The van der Waals surface area contributed by atoms with Gasteiger partial charge in [0.2, 0.25) is 0 Å². The maximum Gasteiger partial charge on any atom is 0.289 e. The van der Waals surface area contributed by atoms with Gasteiger partial charge in [-0.25, -0.2) is 0 Å². The molecule has 1 saturated heterocycles. The molecule has 216 valence electrons. The number of carbonyl (C=O) groups excluding carboxylic acids is 2. The Morgan fingerprint density at radius 2 is 1.68 bits per heavy atom. The predicted octanol–water partition coefficient (Wildman–Crippen LogP) is 6.39. The van der Waals surface area contributed by atoms with Crippen molar-refractivity contribution in [2.75, 3.05) is 26.2 Å². The van der Waals surface area contributed by atoms with Crippen molar-refractivity contribution in [1.29, 1.82) is 0 Å². The van der Waals surface area contributed by atoms with Gasteiger partial charge in [-0.15, -0.1) is 0 Å². The fourth-order valence-electron chi connectivity index (χ4n) is 5.75. The normalized spacial score (nSPS) is 20.2. The van der Waals surface area contributed by atoms with E-state index in [2.05, 4.69) is 37.9 Å². The van der Waals surface area contributed by atoms with E-state index in [4.69, 9.17) is 16.3 Å². The zero-order valence-electron chi connectivity index (χ0n) is 24.4. The Morgan fingerprint density at radius 3 is 2.33 bits per heavy atom. The highest BCUT2D eigenvalue weighted by molar-refractivity contribution is 6.30. The van der Waals surface area contributed by atoms with Crippen molar-refractivity contribution in [1.82, 2.24) is 15.1 Å². The molecule has 40 heavy (non-hydrogen) atoms. The quantitative estimate of drug-likeness (QED) is 0.320. The molecule has 1 N–H and O–H groups in total. The van der Waals surface area contributed by atoms with Gasteiger partial charge in [-0.3, -0.25) is 9.59 Å². The van der Waals surface area contributed by atoms with Crippen LogP contribution in [-0.4, -0.2) is 59.9 Å². The maximum absolute atomic E-state index is 13.6. The van der Waals surface area contributed by atoms with Crippen LogP contribution < -0.4 is 5.32 Å². The van der Waals surface area contributed by atoms with E-state index >= 15 is 0 Å². The standard InChI is InChI=1S/C33H44ClN3O3/c1-23(2)20-36(21-24(3)4)18-17-35-32(38)27-13-9-25(10-14-27)19-31-33(39)37(22-26-11-15-28(34)16-12-26)29-7-5-6-8-30(29)40-31/h9-16,19,23-24,29-30H,5-8,17-18,20-22H2,1-4H3,(H,35,38)/b31-19-. The van der Waals surface area contributed by atoms with Crippen LogP contribution in [0.2, 0.25) is 5.02 Å². The van der Waals surface area contributed by atoms with E-state index < -0.39 is 0 Å². The van der Waals surface area contributed by atoms with Crippen LogP contribution in [0, 0.1) is 11.8 Å². The molecule has 2 aromatic rings. The average molecular weight is 566 g/mol. The molecule has 2 unspecified atom stereocenters. The molecule has 0 aromatic heterocycles. The molecule has 2 amide bonds. The zero-order valence-corrected chi connectivity index (χ0v) is 25.1. The molecule has 2 aliphatic rings.